The monoisotopic (exact) mass is 430 g/mol. The van der Waals surface area contributed by atoms with Gasteiger partial charge in [0, 0.05) is 0 Å². The highest BCUT2D eigenvalue weighted by Crippen LogP contribution is 2.40. The summed E-state index contributed by atoms with van der Waals surface area (Å²) in [5, 5.41) is 2.64. The van der Waals surface area contributed by atoms with Crippen LogP contribution in [-0.4, -0.2) is 28.3 Å². The third-order valence-electron chi connectivity index (χ3n) is 6.19. The summed E-state index contributed by atoms with van der Waals surface area (Å²) in [7, 11) is 0. The van der Waals surface area contributed by atoms with Crippen molar-refractivity contribution in [1.82, 2.24) is 28.3 Å². The van der Waals surface area contributed by atoms with Crippen molar-refractivity contribution < 1.29 is 0 Å². The molecular weight excluding hydrogens is 412 g/mol. The SMILES string of the molecule is O=c1[nH]n([C@@H]2C[C@@H]3C=C[C@H]2n2c(=O)n(-c4ccccc4)c(=O)n23)c(=O)n1-c1ccccc1. The molecule has 0 saturated carbocycles. The summed E-state index contributed by atoms with van der Waals surface area (Å²) in [5.74, 6) is 0. The van der Waals surface area contributed by atoms with E-state index in [4.69, 9.17) is 0 Å². The Labute approximate surface area is 179 Å². The molecule has 2 bridgehead atoms. The Bertz CT molecular complexity index is 1600. The van der Waals surface area contributed by atoms with Crippen molar-refractivity contribution in [2.45, 2.75) is 24.5 Å². The average Bonchev–Trinajstić information content (AvgIpc) is 3.28. The molecule has 3 atom stereocenters. The smallest absolute Gasteiger partial charge is 0.246 e. The van der Waals surface area contributed by atoms with Crippen LogP contribution in [-0.2, 0) is 0 Å². The van der Waals surface area contributed by atoms with Crippen LogP contribution in [0, 0.1) is 0 Å². The molecule has 32 heavy (non-hydrogen) atoms. The summed E-state index contributed by atoms with van der Waals surface area (Å²) in [6.07, 6.45) is 4.09. The van der Waals surface area contributed by atoms with Crippen molar-refractivity contribution in [3.8, 4) is 11.4 Å². The molecule has 10 nitrogen and oxygen atoms in total. The maximum atomic E-state index is 13.3. The van der Waals surface area contributed by atoms with Crippen LogP contribution in [0.25, 0.3) is 11.4 Å². The van der Waals surface area contributed by atoms with Crippen molar-refractivity contribution in [2.24, 2.45) is 0 Å². The van der Waals surface area contributed by atoms with Crippen LogP contribution >= 0.6 is 0 Å². The van der Waals surface area contributed by atoms with Crippen LogP contribution in [0.2, 0.25) is 0 Å². The van der Waals surface area contributed by atoms with Crippen LogP contribution in [0.3, 0.4) is 0 Å². The molecule has 2 aromatic heterocycles. The van der Waals surface area contributed by atoms with E-state index < -0.39 is 40.9 Å². The molecule has 1 N–H and O–H groups in total. The van der Waals surface area contributed by atoms with Crippen molar-refractivity contribution in [3.63, 3.8) is 0 Å². The van der Waals surface area contributed by atoms with Crippen LogP contribution < -0.4 is 22.8 Å². The second kappa shape index (κ2) is 6.58. The maximum Gasteiger partial charge on any atom is 0.352 e. The van der Waals surface area contributed by atoms with E-state index in [1.807, 2.05) is 18.2 Å². The van der Waals surface area contributed by atoms with Gasteiger partial charge in [-0.25, -0.2) is 47.5 Å². The number of allylic oxidation sites excluding steroid dienone is 2. The molecule has 0 amide bonds. The van der Waals surface area contributed by atoms with Crippen molar-refractivity contribution in [2.75, 3.05) is 0 Å². The molecule has 10 heteroatoms. The molecular formula is C22H18N6O4. The second-order valence-corrected chi connectivity index (χ2v) is 7.91. The second-order valence-electron chi connectivity index (χ2n) is 7.91. The lowest BCUT2D eigenvalue weighted by Gasteiger charge is -2.39. The van der Waals surface area contributed by atoms with Gasteiger partial charge in [-0.1, -0.05) is 48.6 Å². The fourth-order valence-electron chi connectivity index (χ4n) is 4.79. The maximum absolute atomic E-state index is 13.3. The average molecular weight is 430 g/mol. The summed E-state index contributed by atoms with van der Waals surface area (Å²) < 4.78 is 6.30. The number of benzene rings is 2. The lowest BCUT2D eigenvalue weighted by molar-refractivity contribution is 0.168. The minimum Gasteiger partial charge on any atom is -0.246 e. The lowest BCUT2D eigenvalue weighted by Crippen LogP contribution is -2.46. The number of nitrogens with zero attached hydrogens (tertiary/aromatic N) is 5. The first-order chi connectivity index (χ1) is 15.6. The first-order valence-electron chi connectivity index (χ1n) is 10.2. The molecule has 0 saturated heterocycles. The van der Waals surface area contributed by atoms with E-state index >= 15 is 0 Å². The predicted octanol–water partition coefficient (Wildman–Crippen LogP) is 0.738. The van der Waals surface area contributed by atoms with Crippen molar-refractivity contribution in [1.29, 1.82) is 0 Å². The predicted molar refractivity (Wildman–Crippen MR) is 116 cm³/mol. The molecule has 4 aromatic rings. The van der Waals surface area contributed by atoms with Crippen LogP contribution in [0.4, 0.5) is 0 Å². The van der Waals surface area contributed by atoms with Gasteiger partial charge in [0.15, 0.2) is 0 Å². The normalized spacial score (nSPS) is 21.1. The molecule has 4 heterocycles. The number of H-pyrrole nitrogens is 1. The zero-order valence-electron chi connectivity index (χ0n) is 16.7. The molecule has 0 unspecified atom stereocenters. The van der Waals surface area contributed by atoms with Gasteiger partial charge >= 0.3 is 22.8 Å². The van der Waals surface area contributed by atoms with E-state index in [1.54, 1.807) is 54.6 Å². The minimum atomic E-state index is -0.592. The fourth-order valence-corrected chi connectivity index (χ4v) is 4.79. The summed E-state index contributed by atoms with van der Waals surface area (Å²) in [6, 6.07) is 15.8. The van der Waals surface area contributed by atoms with Crippen molar-refractivity contribution >= 4 is 0 Å². The molecule has 0 fully saturated rings. The van der Waals surface area contributed by atoms with Gasteiger partial charge in [0.2, 0.25) is 0 Å². The quantitative estimate of drug-likeness (QED) is 0.484. The van der Waals surface area contributed by atoms with Gasteiger partial charge in [-0.15, -0.1) is 0 Å². The van der Waals surface area contributed by atoms with Crippen LogP contribution in [0.1, 0.15) is 24.5 Å². The summed E-state index contributed by atoms with van der Waals surface area (Å²) in [4.78, 5) is 52.2. The highest BCUT2D eigenvalue weighted by Gasteiger charge is 2.42. The Kier molecular flexibility index (Phi) is 3.79. The number of rotatable bonds is 3. The third kappa shape index (κ3) is 2.40. The Morgan fingerprint density at radius 3 is 1.94 bits per heavy atom. The highest BCUT2D eigenvalue weighted by molar-refractivity contribution is 5.32. The van der Waals surface area contributed by atoms with E-state index in [0.29, 0.717) is 17.8 Å². The summed E-state index contributed by atoms with van der Waals surface area (Å²) in [6.45, 7) is 0. The zero-order valence-corrected chi connectivity index (χ0v) is 16.7. The minimum absolute atomic E-state index is 0.397. The van der Waals surface area contributed by atoms with Crippen LogP contribution in [0.15, 0.2) is 92.0 Å². The third-order valence-corrected chi connectivity index (χ3v) is 6.19. The van der Waals surface area contributed by atoms with Gasteiger partial charge in [-0.05, 0) is 30.7 Å². The Balaban J connectivity index is 1.51. The van der Waals surface area contributed by atoms with Gasteiger partial charge < -0.3 is 0 Å². The van der Waals surface area contributed by atoms with E-state index in [-0.39, 0.29) is 0 Å². The Hall–Kier alpha value is -4.34. The Morgan fingerprint density at radius 2 is 1.28 bits per heavy atom. The standard InChI is InChI=1S/C22H18N6O4/c29-19-23-26(20(30)24(19)14-7-3-1-4-8-14)18-13-16-11-12-17(18)28-22(32)25(21(31)27(16)28)15-9-5-2-6-10-15/h1-12,16-18H,13H2,(H,23,29)/t16-,17+,18+/m0/s1. The number of aromatic amines is 1. The van der Waals surface area contributed by atoms with E-state index in [2.05, 4.69) is 5.10 Å². The molecule has 2 aliphatic heterocycles. The first kappa shape index (κ1) is 18.4. The summed E-state index contributed by atoms with van der Waals surface area (Å²) >= 11 is 0. The topological polar surface area (TPSA) is 109 Å². The van der Waals surface area contributed by atoms with E-state index in [9.17, 15) is 19.2 Å². The van der Waals surface area contributed by atoms with Gasteiger partial charge in [-0.3, -0.25) is 0 Å². The lowest BCUT2D eigenvalue weighted by atomic mass is 9.91. The zero-order chi connectivity index (χ0) is 22.0. The molecule has 0 radical (unpaired) electrons. The van der Waals surface area contributed by atoms with Gasteiger partial charge in [0.25, 0.3) is 0 Å². The summed E-state index contributed by atoms with van der Waals surface area (Å²) in [5.41, 5.74) is -1.05. The van der Waals surface area contributed by atoms with E-state index in [1.165, 1.54) is 14.0 Å². The van der Waals surface area contributed by atoms with E-state index in [0.717, 1.165) is 9.13 Å². The number of nitrogens with one attached hydrogen (secondary N) is 1. The number of para-hydroxylation sites is 2. The number of aromatic nitrogens is 6. The highest BCUT2D eigenvalue weighted by atomic mass is 16.2. The molecule has 2 aromatic carbocycles. The van der Waals surface area contributed by atoms with Gasteiger partial charge in [0.05, 0.1) is 29.5 Å². The van der Waals surface area contributed by atoms with Gasteiger partial charge in [0.1, 0.15) is 0 Å². The van der Waals surface area contributed by atoms with Crippen LogP contribution in [0.5, 0.6) is 0 Å². The van der Waals surface area contributed by atoms with Gasteiger partial charge in [-0.2, -0.15) is 0 Å². The fraction of sp³-hybridized carbons (Fsp3) is 0.182. The molecule has 3 aliphatic rings. The van der Waals surface area contributed by atoms with Crippen molar-refractivity contribution in [3.05, 3.63) is 115 Å². The number of fused-ring (bicyclic) bond motifs is 1. The first-order valence-corrected chi connectivity index (χ1v) is 10.2. The number of hydrogen-bond acceptors (Lipinski definition) is 4. The Morgan fingerprint density at radius 1 is 0.688 bits per heavy atom. The number of hydrogen-bond donors (Lipinski definition) is 1. The molecule has 160 valence electrons. The molecule has 7 rings (SSSR count). The largest absolute Gasteiger partial charge is 0.352 e. The molecule has 1 aliphatic carbocycles. The molecule has 0 spiro atoms.